The van der Waals surface area contributed by atoms with Crippen LogP contribution < -0.4 is 10.0 Å². The summed E-state index contributed by atoms with van der Waals surface area (Å²) in [6.07, 6.45) is 0. The lowest BCUT2D eigenvalue weighted by Gasteiger charge is -2.09. The molecule has 0 fully saturated rings. The van der Waals surface area contributed by atoms with E-state index in [1.807, 2.05) is 0 Å². The number of rotatable bonds is 5. The number of non-ortho nitro benzene ring substituents is 1. The largest absolute Gasteiger partial charge is 0.387 e. The summed E-state index contributed by atoms with van der Waals surface area (Å²) in [6.45, 7) is 1.91. The third-order valence-corrected chi connectivity index (χ3v) is 3.67. The molecule has 0 atom stereocenters. The van der Waals surface area contributed by atoms with Gasteiger partial charge in [-0.05, 0) is 6.07 Å². The van der Waals surface area contributed by atoms with Crippen LogP contribution in [0.25, 0.3) is 0 Å². The van der Waals surface area contributed by atoms with Gasteiger partial charge in [0.1, 0.15) is 4.90 Å². The normalized spacial score (nSPS) is 11.2. The van der Waals surface area contributed by atoms with E-state index in [0.717, 1.165) is 6.07 Å². The highest BCUT2D eigenvalue weighted by atomic mass is 32.2. The number of benzene rings is 1. The van der Waals surface area contributed by atoms with Gasteiger partial charge in [0.2, 0.25) is 10.0 Å². The molecule has 1 aromatic rings. The molecule has 0 saturated heterocycles. The van der Waals surface area contributed by atoms with Crippen LogP contribution in [-0.2, 0) is 10.0 Å². The maximum absolute atomic E-state index is 11.8. The van der Waals surface area contributed by atoms with Gasteiger partial charge in [0.15, 0.2) is 0 Å². The van der Waals surface area contributed by atoms with Crippen molar-refractivity contribution in [1.29, 1.82) is 0 Å². The van der Waals surface area contributed by atoms with Crippen LogP contribution in [0.5, 0.6) is 0 Å². The quantitative estimate of drug-likeness (QED) is 0.605. The molecule has 8 heteroatoms. The molecule has 0 saturated carbocycles. The molecule has 0 aliphatic rings. The smallest absolute Gasteiger partial charge is 0.271 e. The lowest BCUT2D eigenvalue weighted by molar-refractivity contribution is -0.384. The highest BCUT2D eigenvalue weighted by Crippen LogP contribution is 2.25. The lowest BCUT2D eigenvalue weighted by Crippen LogP contribution is -2.24. The number of sulfonamides is 1. The van der Waals surface area contributed by atoms with Crippen LogP contribution in [0.2, 0.25) is 0 Å². The van der Waals surface area contributed by atoms with Crippen LogP contribution in [0.15, 0.2) is 23.1 Å². The van der Waals surface area contributed by atoms with Crippen molar-refractivity contribution in [2.45, 2.75) is 11.8 Å². The molecular weight excluding hydrogens is 246 g/mol. The van der Waals surface area contributed by atoms with Crippen molar-refractivity contribution in [3.63, 3.8) is 0 Å². The van der Waals surface area contributed by atoms with E-state index in [-0.39, 0.29) is 22.8 Å². The van der Waals surface area contributed by atoms with Crippen molar-refractivity contribution in [2.75, 3.05) is 18.9 Å². The Morgan fingerprint density at radius 1 is 1.41 bits per heavy atom. The van der Waals surface area contributed by atoms with Gasteiger partial charge in [-0.3, -0.25) is 10.1 Å². The molecule has 0 amide bonds. The van der Waals surface area contributed by atoms with Crippen molar-refractivity contribution >= 4 is 21.4 Å². The first-order valence-corrected chi connectivity index (χ1v) is 6.36. The van der Waals surface area contributed by atoms with E-state index >= 15 is 0 Å². The Hall–Kier alpha value is -1.67. The van der Waals surface area contributed by atoms with Crippen molar-refractivity contribution < 1.29 is 13.3 Å². The molecule has 0 radical (unpaired) electrons. The SMILES string of the molecule is CCNS(=O)(=O)c1ccc([N+](=O)[O-])cc1NC. The second-order valence-electron chi connectivity index (χ2n) is 3.19. The fraction of sp³-hybridized carbons (Fsp3) is 0.333. The number of nitro groups is 1. The fourth-order valence-corrected chi connectivity index (χ4v) is 2.56. The van der Waals surface area contributed by atoms with E-state index in [4.69, 9.17) is 0 Å². The Morgan fingerprint density at radius 2 is 2.06 bits per heavy atom. The number of nitro benzene ring substituents is 1. The third-order valence-electron chi connectivity index (χ3n) is 2.07. The lowest BCUT2D eigenvalue weighted by atomic mass is 10.3. The Bertz CT molecular complexity index is 527. The molecular formula is C9H13N3O4S. The number of anilines is 1. The molecule has 1 rings (SSSR count). The van der Waals surface area contributed by atoms with E-state index in [2.05, 4.69) is 10.0 Å². The van der Waals surface area contributed by atoms with Crippen LogP contribution in [0.1, 0.15) is 6.92 Å². The summed E-state index contributed by atoms with van der Waals surface area (Å²) in [5.74, 6) is 0. The van der Waals surface area contributed by atoms with Crippen LogP contribution in [0.4, 0.5) is 11.4 Å². The Labute approximate surface area is 99.0 Å². The first kappa shape index (κ1) is 13.4. The monoisotopic (exact) mass is 259 g/mol. The second kappa shape index (κ2) is 5.11. The standard InChI is InChI=1S/C9H13N3O4S/c1-3-11-17(15,16)9-5-4-7(12(13)14)6-8(9)10-2/h4-6,10-11H,3H2,1-2H3. The van der Waals surface area contributed by atoms with Gasteiger partial charge in [-0.1, -0.05) is 6.92 Å². The molecule has 94 valence electrons. The minimum atomic E-state index is -3.63. The minimum Gasteiger partial charge on any atom is -0.387 e. The maximum atomic E-state index is 11.8. The van der Waals surface area contributed by atoms with E-state index in [9.17, 15) is 18.5 Å². The molecule has 7 nitrogen and oxygen atoms in total. The molecule has 0 aliphatic heterocycles. The van der Waals surface area contributed by atoms with Gasteiger partial charge in [0, 0.05) is 25.7 Å². The predicted octanol–water partition coefficient (Wildman–Crippen LogP) is 0.935. The van der Waals surface area contributed by atoms with E-state index in [1.165, 1.54) is 19.2 Å². The molecule has 0 unspecified atom stereocenters. The van der Waals surface area contributed by atoms with Gasteiger partial charge in [0.25, 0.3) is 5.69 Å². The molecule has 0 aromatic heterocycles. The predicted molar refractivity (Wildman–Crippen MR) is 63.5 cm³/mol. The van der Waals surface area contributed by atoms with E-state index < -0.39 is 14.9 Å². The summed E-state index contributed by atoms with van der Waals surface area (Å²) in [6, 6.07) is 3.55. The van der Waals surface area contributed by atoms with Crippen molar-refractivity contribution in [2.24, 2.45) is 0 Å². The highest BCUT2D eigenvalue weighted by molar-refractivity contribution is 7.89. The van der Waals surface area contributed by atoms with Crippen molar-refractivity contribution in [1.82, 2.24) is 4.72 Å². The van der Waals surface area contributed by atoms with E-state index in [1.54, 1.807) is 6.92 Å². The Morgan fingerprint density at radius 3 is 2.53 bits per heavy atom. The van der Waals surface area contributed by atoms with Gasteiger partial charge in [0.05, 0.1) is 10.6 Å². The minimum absolute atomic E-state index is 0.00699. The van der Waals surface area contributed by atoms with Gasteiger partial charge >= 0.3 is 0 Å². The molecule has 1 aromatic carbocycles. The summed E-state index contributed by atoms with van der Waals surface area (Å²) in [4.78, 5) is 9.98. The van der Waals surface area contributed by atoms with Crippen molar-refractivity contribution in [3.8, 4) is 0 Å². The van der Waals surface area contributed by atoms with Crippen LogP contribution in [-0.4, -0.2) is 26.9 Å². The molecule has 17 heavy (non-hydrogen) atoms. The van der Waals surface area contributed by atoms with Gasteiger partial charge in [-0.25, -0.2) is 13.1 Å². The molecule has 0 heterocycles. The Kier molecular flexibility index (Phi) is 4.02. The van der Waals surface area contributed by atoms with Crippen molar-refractivity contribution in [3.05, 3.63) is 28.3 Å². The summed E-state index contributed by atoms with van der Waals surface area (Å²) in [7, 11) is -2.13. The second-order valence-corrected chi connectivity index (χ2v) is 4.92. The molecule has 0 bridgehead atoms. The fourth-order valence-electron chi connectivity index (χ4n) is 1.33. The summed E-state index contributed by atoms with van der Waals surface area (Å²) in [5, 5.41) is 13.2. The van der Waals surface area contributed by atoms with Gasteiger partial charge < -0.3 is 5.32 Å². The maximum Gasteiger partial charge on any atom is 0.271 e. The molecule has 0 spiro atoms. The van der Waals surface area contributed by atoms with Crippen LogP contribution in [0.3, 0.4) is 0 Å². The molecule has 2 N–H and O–H groups in total. The Balaban J connectivity index is 3.31. The number of nitrogens with one attached hydrogen (secondary N) is 2. The summed E-state index contributed by atoms with van der Waals surface area (Å²) >= 11 is 0. The number of hydrogen-bond acceptors (Lipinski definition) is 5. The first-order valence-electron chi connectivity index (χ1n) is 4.88. The first-order chi connectivity index (χ1) is 7.92. The van der Waals surface area contributed by atoms with Crippen LogP contribution >= 0.6 is 0 Å². The summed E-state index contributed by atoms with van der Waals surface area (Å²) < 4.78 is 25.9. The summed E-state index contributed by atoms with van der Waals surface area (Å²) in [5.41, 5.74) is 0.0324. The average Bonchev–Trinajstić information content (AvgIpc) is 2.28. The zero-order valence-electron chi connectivity index (χ0n) is 9.43. The molecule has 0 aliphatic carbocycles. The number of hydrogen-bond donors (Lipinski definition) is 2. The number of nitrogens with zero attached hydrogens (tertiary/aromatic N) is 1. The zero-order valence-corrected chi connectivity index (χ0v) is 10.2. The van der Waals surface area contributed by atoms with E-state index in [0.29, 0.717) is 0 Å². The van der Waals surface area contributed by atoms with Gasteiger partial charge in [-0.2, -0.15) is 0 Å². The van der Waals surface area contributed by atoms with Crippen LogP contribution in [0, 0.1) is 10.1 Å². The topological polar surface area (TPSA) is 101 Å². The zero-order chi connectivity index (χ0) is 13.1. The average molecular weight is 259 g/mol. The highest BCUT2D eigenvalue weighted by Gasteiger charge is 2.19. The van der Waals surface area contributed by atoms with Gasteiger partial charge in [-0.15, -0.1) is 0 Å². The third kappa shape index (κ3) is 2.92.